The number of carboxylic acids is 1. The second-order valence-electron chi connectivity index (χ2n) is 5.05. The van der Waals surface area contributed by atoms with Crippen LogP contribution in [-0.2, 0) is 11.3 Å². The van der Waals surface area contributed by atoms with Crippen molar-refractivity contribution in [1.82, 2.24) is 15.0 Å². The molecule has 0 saturated carbocycles. The van der Waals surface area contributed by atoms with Gasteiger partial charge >= 0.3 is 5.97 Å². The monoisotopic (exact) mass is 239 g/mol. The van der Waals surface area contributed by atoms with Gasteiger partial charge in [-0.1, -0.05) is 5.21 Å². The summed E-state index contributed by atoms with van der Waals surface area (Å²) in [5, 5.41) is 16.4. The maximum atomic E-state index is 10.8. The second kappa shape index (κ2) is 4.10. The SMILES string of the molecule is Cc1c(C(=O)O)nnn1CC1CCC(C)(C)O1. The van der Waals surface area contributed by atoms with Crippen molar-refractivity contribution in [2.24, 2.45) is 0 Å². The van der Waals surface area contributed by atoms with E-state index < -0.39 is 5.97 Å². The van der Waals surface area contributed by atoms with Gasteiger partial charge in [0, 0.05) is 0 Å². The maximum Gasteiger partial charge on any atom is 0.358 e. The van der Waals surface area contributed by atoms with Crippen molar-refractivity contribution >= 4 is 5.97 Å². The molecule has 1 aromatic heterocycles. The largest absolute Gasteiger partial charge is 0.476 e. The first-order chi connectivity index (χ1) is 7.89. The second-order valence-corrected chi connectivity index (χ2v) is 5.05. The number of rotatable bonds is 3. The number of nitrogens with zero attached hydrogens (tertiary/aromatic N) is 3. The molecule has 1 unspecified atom stereocenters. The standard InChI is InChI=1S/C11H17N3O3/c1-7-9(10(15)16)12-13-14(7)6-8-4-5-11(2,3)17-8/h8H,4-6H2,1-3H3,(H,15,16). The van der Waals surface area contributed by atoms with Crippen LogP contribution in [-0.4, -0.2) is 37.8 Å². The van der Waals surface area contributed by atoms with Gasteiger partial charge in [-0.15, -0.1) is 5.10 Å². The number of ether oxygens (including phenoxy) is 1. The predicted molar refractivity (Wildman–Crippen MR) is 59.9 cm³/mol. The molecular weight excluding hydrogens is 222 g/mol. The van der Waals surface area contributed by atoms with Gasteiger partial charge in [-0.3, -0.25) is 0 Å². The lowest BCUT2D eigenvalue weighted by Gasteiger charge is -2.19. The molecule has 0 bridgehead atoms. The Hall–Kier alpha value is -1.43. The van der Waals surface area contributed by atoms with Gasteiger partial charge in [0.15, 0.2) is 5.69 Å². The highest BCUT2D eigenvalue weighted by Gasteiger charge is 2.32. The van der Waals surface area contributed by atoms with Crippen molar-refractivity contribution in [3.8, 4) is 0 Å². The predicted octanol–water partition coefficient (Wildman–Crippen LogP) is 1.24. The first-order valence-electron chi connectivity index (χ1n) is 5.70. The Morgan fingerprint density at radius 3 is 2.82 bits per heavy atom. The topological polar surface area (TPSA) is 77.2 Å². The summed E-state index contributed by atoms with van der Waals surface area (Å²) in [7, 11) is 0. The summed E-state index contributed by atoms with van der Waals surface area (Å²) >= 11 is 0. The van der Waals surface area contributed by atoms with Gasteiger partial charge in [0.2, 0.25) is 0 Å². The lowest BCUT2D eigenvalue weighted by Crippen LogP contribution is -2.23. The van der Waals surface area contributed by atoms with Gasteiger partial charge < -0.3 is 9.84 Å². The lowest BCUT2D eigenvalue weighted by molar-refractivity contribution is -0.0234. The third-order valence-electron chi connectivity index (χ3n) is 3.12. The summed E-state index contributed by atoms with van der Waals surface area (Å²) in [5.41, 5.74) is 0.502. The molecule has 0 spiro atoms. The Kier molecular flexibility index (Phi) is 2.91. The van der Waals surface area contributed by atoms with E-state index in [-0.39, 0.29) is 17.4 Å². The van der Waals surface area contributed by atoms with E-state index in [1.54, 1.807) is 11.6 Å². The Morgan fingerprint density at radius 2 is 2.35 bits per heavy atom. The molecule has 6 nitrogen and oxygen atoms in total. The molecule has 94 valence electrons. The van der Waals surface area contributed by atoms with Crippen LogP contribution in [0.4, 0.5) is 0 Å². The number of hydrogen-bond acceptors (Lipinski definition) is 4. The van der Waals surface area contributed by atoms with E-state index in [9.17, 15) is 4.79 Å². The minimum absolute atomic E-state index is 0.0160. The highest BCUT2D eigenvalue weighted by atomic mass is 16.5. The number of aromatic carboxylic acids is 1. The van der Waals surface area contributed by atoms with Gasteiger partial charge in [0.25, 0.3) is 0 Å². The van der Waals surface area contributed by atoms with Crippen molar-refractivity contribution in [1.29, 1.82) is 0 Å². The van der Waals surface area contributed by atoms with E-state index in [0.717, 1.165) is 12.8 Å². The van der Waals surface area contributed by atoms with Crippen molar-refractivity contribution < 1.29 is 14.6 Å². The van der Waals surface area contributed by atoms with Crippen LogP contribution in [0.25, 0.3) is 0 Å². The molecule has 1 N–H and O–H groups in total. The van der Waals surface area contributed by atoms with Gasteiger partial charge in [-0.25, -0.2) is 9.48 Å². The van der Waals surface area contributed by atoms with Gasteiger partial charge in [-0.2, -0.15) is 0 Å². The quantitative estimate of drug-likeness (QED) is 0.858. The van der Waals surface area contributed by atoms with E-state index in [2.05, 4.69) is 24.2 Å². The van der Waals surface area contributed by atoms with Crippen molar-refractivity contribution in [2.45, 2.75) is 51.9 Å². The summed E-state index contributed by atoms with van der Waals surface area (Å²) in [6, 6.07) is 0. The molecule has 1 atom stereocenters. The average Bonchev–Trinajstić information content (AvgIpc) is 2.72. The molecule has 6 heteroatoms. The zero-order valence-corrected chi connectivity index (χ0v) is 10.3. The summed E-state index contributed by atoms with van der Waals surface area (Å²) in [5.74, 6) is -1.04. The third-order valence-corrected chi connectivity index (χ3v) is 3.12. The van der Waals surface area contributed by atoms with Crippen LogP contribution in [0.1, 0.15) is 42.9 Å². The van der Waals surface area contributed by atoms with E-state index in [4.69, 9.17) is 9.84 Å². The fourth-order valence-corrected chi connectivity index (χ4v) is 2.13. The summed E-state index contributed by atoms with van der Waals surface area (Å²) in [4.78, 5) is 10.8. The number of hydrogen-bond donors (Lipinski definition) is 1. The molecule has 0 radical (unpaired) electrons. The first kappa shape index (κ1) is 12.0. The van der Waals surface area contributed by atoms with Gasteiger partial charge in [0.05, 0.1) is 23.9 Å². The fourth-order valence-electron chi connectivity index (χ4n) is 2.13. The molecule has 1 aliphatic heterocycles. The number of carbonyl (C=O) groups is 1. The van der Waals surface area contributed by atoms with Crippen molar-refractivity contribution in [3.63, 3.8) is 0 Å². The Morgan fingerprint density at radius 1 is 1.65 bits per heavy atom. The van der Waals surface area contributed by atoms with Gasteiger partial charge in [-0.05, 0) is 33.6 Å². The summed E-state index contributed by atoms with van der Waals surface area (Å²) in [6.45, 7) is 6.40. The average molecular weight is 239 g/mol. The number of aromatic nitrogens is 3. The zero-order valence-electron chi connectivity index (χ0n) is 10.3. The minimum atomic E-state index is -1.04. The lowest BCUT2D eigenvalue weighted by atomic mass is 10.1. The molecule has 2 rings (SSSR count). The highest BCUT2D eigenvalue weighted by Crippen LogP contribution is 2.30. The van der Waals surface area contributed by atoms with Crippen molar-refractivity contribution in [2.75, 3.05) is 0 Å². The Labute approximate surface area is 99.6 Å². The molecule has 0 aromatic carbocycles. The van der Waals surface area contributed by atoms with Crippen LogP contribution in [0.5, 0.6) is 0 Å². The molecule has 0 amide bonds. The normalized spacial score (nSPS) is 22.9. The van der Waals surface area contributed by atoms with E-state index >= 15 is 0 Å². The van der Waals surface area contributed by atoms with Crippen LogP contribution >= 0.6 is 0 Å². The van der Waals surface area contributed by atoms with E-state index in [1.165, 1.54) is 0 Å². The smallest absolute Gasteiger partial charge is 0.358 e. The van der Waals surface area contributed by atoms with Gasteiger partial charge in [0.1, 0.15) is 0 Å². The number of carboxylic acid groups (broad SMARTS) is 1. The van der Waals surface area contributed by atoms with Crippen LogP contribution in [0.15, 0.2) is 0 Å². The molecule has 17 heavy (non-hydrogen) atoms. The Bertz CT molecular complexity index is 439. The van der Waals surface area contributed by atoms with Crippen LogP contribution in [0.3, 0.4) is 0 Å². The molecule has 0 aliphatic carbocycles. The van der Waals surface area contributed by atoms with Crippen LogP contribution < -0.4 is 0 Å². The fraction of sp³-hybridized carbons (Fsp3) is 0.727. The first-order valence-corrected chi connectivity index (χ1v) is 5.70. The summed E-state index contributed by atoms with van der Waals surface area (Å²) in [6.07, 6.45) is 2.07. The molecule has 1 aliphatic rings. The summed E-state index contributed by atoms with van der Waals surface area (Å²) < 4.78 is 7.45. The zero-order chi connectivity index (χ0) is 12.6. The van der Waals surface area contributed by atoms with Crippen LogP contribution in [0, 0.1) is 6.92 Å². The molecular formula is C11H17N3O3. The van der Waals surface area contributed by atoms with E-state index in [1.807, 2.05) is 0 Å². The molecule has 2 heterocycles. The molecule has 1 fully saturated rings. The third kappa shape index (κ3) is 2.46. The van der Waals surface area contributed by atoms with Crippen LogP contribution in [0.2, 0.25) is 0 Å². The highest BCUT2D eigenvalue weighted by molar-refractivity contribution is 5.86. The minimum Gasteiger partial charge on any atom is -0.476 e. The van der Waals surface area contributed by atoms with E-state index in [0.29, 0.717) is 12.2 Å². The van der Waals surface area contributed by atoms with Crippen molar-refractivity contribution in [3.05, 3.63) is 11.4 Å². The molecule has 1 saturated heterocycles. The molecule has 1 aromatic rings. The maximum absolute atomic E-state index is 10.8. The Balaban J connectivity index is 2.08.